The predicted molar refractivity (Wildman–Crippen MR) is 131 cm³/mol. The van der Waals surface area contributed by atoms with Gasteiger partial charge < -0.3 is 18.9 Å². The van der Waals surface area contributed by atoms with Crippen molar-refractivity contribution in [2.24, 2.45) is 0 Å². The second kappa shape index (κ2) is 12.7. The summed E-state index contributed by atoms with van der Waals surface area (Å²) >= 11 is 5.40. The van der Waals surface area contributed by atoms with E-state index in [1.807, 2.05) is 42.5 Å². The summed E-state index contributed by atoms with van der Waals surface area (Å²) in [5, 5.41) is 0. The van der Waals surface area contributed by atoms with Gasteiger partial charge in [0.2, 0.25) is 0 Å². The van der Waals surface area contributed by atoms with Gasteiger partial charge in [0.05, 0.1) is 14.0 Å². The normalized spacial score (nSPS) is 10.9. The molecule has 7 nitrogen and oxygen atoms in total. The second-order valence-corrected chi connectivity index (χ2v) is 8.20. The molecule has 0 saturated carbocycles. The molecule has 0 aliphatic rings. The van der Waals surface area contributed by atoms with Crippen molar-refractivity contribution in [2.45, 2.75) is 19.2 Å². The number of esters is 1. The fraction of sp³-hybridized carbons (Fsp3) is 0.200. The molecule has 0 heterocycles. The van der Waals surface area contributed by atoms with E-state index in [0.717, 1.165) is 10.5 Å². The lowest BCUT2D eigenvalue weighted by molar-refractivity contribution is -0.163. The van der Waals surface area contributed by atoms with Crippen LogP contribution in [0.25, 0.3) is 0 Å². The van der Waals surface area contributed by atoms with Crippen molar-refractivity contribution in [1.29, 1.82) is 0 Å². The molecule has 0 atom stereocenters. The van der Waals surface area contributed by atoms with E-state index in [9.17, 15) is 9.59 Å². The summed E-state index contributed by atoms with van der Waals surface area (Å²) in [6, 6.07) is 26.7. The quantitative estimate of drug-likeness (QED) is 0.200. The van der Waals surface area contributed by atoms with Gasteiger partial charge in [0, 0.05) is 0 Å². The molecule has 0 bridgehead atoms. The van der Waals surface area contributed by atoms with Crippen LogP contribution in [0.3, 0.4) is 0 Å². The maximum Gasteiger partial charge on any atom is 0.417 e. The molecule has 0 aliphatic heterocycles. The van der Waals surface area contributed by atoms with Crippen LogP contribution in [-0.4, -0.2) is 35.8 Å². The molecular weight excluding hydrogens is 473 g/mol. The molecule has 0 aromatic heterocycles. The van der Waals surface area contributed by atoms with Crippen LogP contribution in [0.5, 0.6) is 11.5 Å². The minimum absolute atomic E-state index is 0.0138. The fourth-order valence-electron chi connectivity index (χ4n) is 2.91. The summed E-state index contributed by atoms with van der Waals surface area (Å²) in [6.45, 7) is 1.31. The smallest absolute Gasteiger partial charge is 0.417 e. The number of hydrogen-bond acceptors (Lipinski definition) is 7. The summed E-state index contributed by atoms with van der Waals surface area (Å²) in [4.78, 5) is 26.8. The maximum atomic E-state index is 13.3. The van der Waals surface area contributed by atoms with Crippen molar-refractivity contribution in [3.8, 4) is 11.5 Å². The largest absolute Gasteiger partial charge is 0.465 e. The number of carbonyl (C=O) groups is 2. The van der Waals surface area contributed by atoms with Crippen molar-refractivity contribution >= 4 is 31.2 Å². The topological polar surface area (TPSA) is 74.3 Å². The number of amides is 1. The van der Waals surface area contributed by atoms with Crippen LogP contribution in [0.2, 0.25) is 0 Å². The molecule has 0 N–H and O–H groups in total. The van der Waals surface area contributed by atoms with Gasteiger partial charge in [-0.25, -0.2) is 9.69 Å². The number of nitrogens with zero attached hydrogens (tertiary/aromatic N) is 1. The van der Waals surface area contributed by atoms with Gasteiger partial charge in [-0.05, 0) is 48.6 Å². The molecule has 0 fully saturated rings. The van der Waals surface area contributed by atoms with E-state index in [4.69, 9.17) is 30.8 Å². The van der Waals surface area contributed by atoms with E-state index in [2.05, 4.69) is 0 Å². The van der Waals surface area contributed by atoms with Gasteiger partial charge in [-0.3, -0.25) is 4.79 Å². The highest BCUT2D eigenvalue weighted by Crippen LogP contribution is 2.35. The van der Waals surface area contributed by atoms with Crippen molar-refractivity contribution < 1.29 is 28.5 Å². The Morgan fingerprint density at radius 3 is 1.79 bits per heavy atom. The van der Waals surface area contributed by atoms with Crippen LogP contribution in [0, 0.1) is 0 Å². The molecule has 0 radical (unpaired) electrons. The Balaban J connectivity index is 1.98. The average Bonchev–Trinajstić information content (AvgIpc) is 2.87. The van der Waals surface area contributed by atoms with Crippen LogP contribution in [0.4, 0.5) is 4.79 Å². The van der Waals surface area contributed by atoms with E-state index in [1.165, 1.54) is 0 Å². The molecule has 0 saturated heterocycles. The average molecular weight is 498 g/mol. The molecule has 9 heteroatoms. The van der Waals surface area contributed by atoms with E-state index in [1.54, 1.807) is 55.5 Å². The van der Waals surface area contributed by atoms with E-state index in [-0.39, 0.29) is 20.6 Å². The first-order chi connectivity index (χ1) is 16.6. The standard InChI is InChI=1S/C25H24NO6PS/c1-2-29-23(27)18-26(24(28)30-19-20-12-6-3-7-13-20)25(33-34,31-21-14-8-4-9-15-21)32-22-16-10-5-11-17-22/h3-17H,2,18-19H2,1H3. The third-order valence-electron chi connectivity index (χ3n) is 4.46. The van der Waals surface area contributed by atoms with E-state index < -0.39 is 24.3 Å². The SMILES string of the molecule is CCOC(=O)CN(C(=O)OCc1ccccc1)C(Oc1ccccc1)(Oc1ccccc1)P=S. The zero-order chi connectivity index (χ0) is 24.2. The summed E-state index contributed by atoms with van der Waals surface area (Å²) in [5.74, 6) is 0.122. The van der Waals surface area contributed by atoms with Crippen LogP contribution < -0.4 is 9.47 Å². The van der Waals surface area contributed by atoms with Gasteiger partial charge in [-0.1, -0.05) is 66.7 Å². The Labute approximate surface area is 205 Å². The molecule has 0 spiro atoms. The van der Waals surface area contributed by atoms with Crippen LogP contribution in [0.1, 0.15) is 12.5 Å². The molecule has 176 valence electrons. The Morgan fingerprint density at radius 2 is 1.32 bits per heavy atom. The minimum atomic E-state index is -1.89. The molecule has 1 amide bonds. The Kier molecular flexibility index (Phi) is 9.38. The number of benzene rings is 3. The van der Waals surface area contributed by atoms with Crippen molar-refractivity contribution in [2.75, 3.05) is 13.2 Å². The third-order valence-corrected chi connectivity index (χ3v) is 5.81. The molecular formula is C25H24NO6PS. The van der Waals surface area contributed by atoms with Gasteiger partial charge in [-0.2, -0.15) is 0 Å². The first-order valence-corrected chi connectivity index (χ1v) is 12.4. The van der Waals surface area contributed by atoms with E-state index in [0.29, 0.717) is 11.5 Å². The van der Waals surface area contributed by atoms with Gasteiger partial charge in [0.15, 0.2) is 0 Å². The summed E-state index contributed by atoms with van der Waals surface area (Å²) in [5.41, 5.74) is -1.11. The minimum Gasteiger partial charge on any atom is -0.465 e. The molecule has 34 heavy (non-hydrogen) atoms. The monoisotopic (exact) mass is 497 g/mol. The number of hydrogen-bond donors (Lipinski definition) is 0. The highest BCUT2D eigenvalue weighted by Gasteiger charge is 2.47. The number of ether oxygens (including phenoxy) is 4. The number of rotatable bonds is 11. The van der Waals surface area contributed by atoms with Crippen molar-refractivity contribution in [1.82, 2.24) is 4.90 Å². The number of carbonyl (C=O) groups excluding carboxylic acids is 2. The number of para-hydroxylation sites is 2. The lowest BCUT2D eigenvalue weighted by Crippen LogP contribution is -2.57. The summed E-state index contributed by atoms with van der Waals surface area (Å²) < 4.78 is 22.9. The summed E-state index contributed by atoms with van der Waals surface area (Å²) in [7, 11) is 0.0768. The van der Waals surface area contributed by atoms with Crippen molar-refractivity contribution in [3.63, 3.8) is 0 Å². The predicted octanol–water partition coefficient (Wildman–Crippen LogP) is 5.37. The van der Waals surface area contributed by atoms with Crippen LogP contribution in [0.15, 0.2) is 91.0 Å². The Bertz CT molecular complexity index is 1030. The Morgan fingerprint density at radius 1 is 0.824 bits per heavy atom. The van der Waals surface area contributed by atoms with Gasteiger partial charge in [-0.15, -0.1) is 0 Å². The van der Waals surface area contributed by atoms with Gasteiger partial charge >= 0.3 is 17.7 Å². The third kappa shape index (κ3) is 7.01. The highest BCUT2D eigenvalue weighted by atomic mass is 32.4. The van der Waals surface area contributed by atoms with Gasteiger partial charge in [0.25, 0.3) is 0 Å². The van der Waals surface area contributed by atoms with Gasteiger partial charge in [0.1, 0.15) is 24.7 Å². The zero-order valence-electron chi connectivity index (χ0n) is 18.5. The van der Waals surface area contributed by atoms with Crippen LogP contribution >= 0.6 is 7.36 Å². The molecule has 0 aliphatic carbocycles. The lowest BCUT2D eigenvalue weighted by Gasteiger charge is -2.37. The molecule has 3 aromatic carbocycles. The lowest BCUT2D eigenvalue weighted by atomic mass is 10.2. The first-order valence-electron chi connectivity index (χ1n) is 10.5. The fourth-order valence-corrected chi connectivity index (χ4v) is 3.97. The molecule has 3 aromatic rings. The highest BCUT2D eigenvalue weighted by molar-refractivity contribution is 7.97. The second-order valence-electron chi connectivity index (χ2n) is 6.90. The van der Waals surface area contributed by atoms with E-state index >= 15 is 0 Å². The maximum absolute atomic E-state index is 13.3. The summed E-state index contributed by atoms with van der Waals surface area (Å²) in [6.07, 6.45) is -0.846. The zero-order valence-corrected chi connectivity index (χ0v) is 20.2. The Hall–Kier alpha value is -3.48. The molecule has 0 unspecified atom stereocenters. The van der Waals surface area contributed by atoms with Crippen molar-refractivity contribution in [3.05, 3.63) is 96.6 Å². The molecule has 3 rings (SSSR count). The first kappa shape index (κ1) is 25.1. The van der Waals surface area contributed by atoms with Crippen LogP contribution in [-0.2, 0) is 32.7 Å².